The van der Waals surface area contributed by atoms with Gasteiger partial charge in [0.2, 0.25) is 0 Å². The molecule has 0 saturated carbocycles. The van der Waals surface area contributed by atoms with Gasteiger partial charge < -0.3 is 10.2 Å². The van der Waals surface area contributed by atoms with Gasteiger partial charge >= 0.3 is 0 Å². The quantitative estimate of drug-likeness (QED) is 0.755. The number of hydrogen-bond donors (Lipinski definition) is 1. The molecule has 98 valence electrons. The maximum Gasteiger partial charge on any atom is 0.00939 e. The van der Waals surface area contributed by atoms with E-state index in [4.69, 9.17) is 0 Å². The molecule has 0 aromatic carbocycles. The van der Waals surface area contributed by atoms with Crippen LogP contribution in [0.5, 0.6) is 0 Å². The van der Waals surface area contributed by atoms with Crippen LogP contribution in [0.2, 0.25) is 0 Å². The van der Waals surface area contributed by atoms with Crippen molar-refractivity contribution in [3.05, 3.63) is 12.2 Å². The molecule has 0 amide bonds. The first kappa shape index (κ1) is 13.1. The van der Waals surface area contributed by atoms with Gasteiger partial charge in [0.15, 0.2) is 0 Å². The van der Waals surface area contributed by atoms with E-state index in [9.17, 15) is 0 Å². The van der Waals surface area contributed by atoms with E-state index < -0.39 is 0 Å². The predicted octanol–water partition coefficient (Wildman–Crippen LogP) is 2.81. The second-order valence-electron chi connectivity index (χ2n) is 5.77. The van der Waals surface area contributed by atoms with Crippen molar-refractivity contribution in [2.45, 2.75) is 58.0 Å². The first-order chi connectivity index (χ1) is 8.29. The zero-order chi connectivity index (χ0) is 12.1. The number of nitrogens with one attached hydrogen (secondary N) is 1. The van der Waals surface area contributed by atoms with Crippen molar-refractivity contribution in [3.8, 4) is 0 Å². The molecule has 2 rings (SSSR count). The Labute approximate surface area is 106 Å². The Hall–Kier alpha value is -0.340. The number of likely N-dealkylation sites (tertiary alicyclic amines) is 1. The van der Waals surface area contributed by atoms with Gasteiger partial charge in [0.25, 0.3) is 0 Å². The standard InChI is InChI=1S/C15H28N2/c1-3-16-15-9-10-17(13(2)11-15)12-14-7-5-4-6-8-14/h4-5,13-16H,3,6-12H2,1-2H3. The van der Waals surface area contributed by atoms with Gasteiger partial charge in [-0.2, -0.15) is 0 Å². The molecule has 1 aliphatic heterocycles. The van der Waals surface area contributed by atoms with Crippen molar-refractivity contribution < 1.29 is 0 Å². The van der Waals surface area contributed by atoms with Gasteiger partial charge in [0.1, 0.15) is 0 Å². The first-order valence-corrected chi connectivity index (χ1v) is 7.42. The maximum atomic E-state index is 3.60. The van der Waals surface area contributed by atoms with E-state index in [-0.39, 0.29) is 0 Å². The molecule has 0 spiro atoms. The number of nitrogens with zero attached hydrogens (tertiary/aromatic N) is 1. The second-order valence-corrected chi connectivity index (χ2v) is 5.77. The summed E-state index contributed by atoms with van der Waals surface area (Å²) in [5.41, 5.74) is 0. The molecule has 2 nitrogen and oxygen atoms in total. The van der Waals surface area contributed by atoms with Crippen LogP contribution in [0.4, 0.5) is 0 Å². The van der Waals surface area contributed by atoms with Crippen LogP contribution in [0.15, 0.2) is 12.2 Å². The number of rotatable bonds is 4. The summed E-state index contributed by atoms with van der Waals surface area (Å²) in [5.74, 6) is 0.915. The summed E-state index contributed by atoms with van der Waals surface area (Å²) >= 11 is 0. The second kappa shape index (κ2) is 6.55. The summed E-state index contributed by atoms with van der Waals surface area (Å²) in [6.45, 7) is 8.35. The smallest absolute Gasteiger partial charge is 0.00939 e. The number of allylic oxidation sites excluding steroid dienone is 2. The minimum atomic E-state index is 0.762. The lowest BCUT2D eigenvalue weighted by atomic mass is 9.91. The van der Waals surface area contributed by atoms with Crippen LogP contribution >= 0.6 is 0 Å². The lowest BCUT2D eigenvalue weighted by Crippen LogP contribution is -2.48. The summed E-state index contributed by atoms with van der Waals surface area (Å²) in [5, 5.41) is 3.60. The Kier molecular flexibility index (Phi) is 5.05. The van der Waals surface area contributed by atoms with Crippen molar-refractivity contribution in [2.75, 3.05) is 19.6 Å². The van der Waals surface area contributed by atoms with Gasteiger partial charge in [-0.05, 0) is 58.0 Å². The molecule has 2 aliphatic rings. The molecule has 3 unspecified atom stereocenters. The molecule has 1 saturated heterocycles. The third kappa shape index (κ3) is 3.82. The van der Waals surface area contributed by atoms with Crippen molar-refractivity contribution in [3.63, 3.8) is 0 Å². The highest BCUT2D eigenvalue weighted by molar-refractivity contribution is 4.92. The minimum Gasteiger partial charge on any atom is -0.314 e. The Morgan fingerprint density at radius 1 is 1.29 bits per heavy atom. The molecular formula is C15H28N2. The summed E-state index contributed by atoms with van der Waals surface area (Å²) in [6, 6.07) is 1.52. The van der Waals surface area contributed by atoms with Crippen molar-refractivity contribution in [1.29, 1.82) is 0 Å². The van der Waals surface area contributed by atoms with Gasteiger partial charge in [-0.25, -0.2) is 0 Å². The minimum absolute atomic E-state index is 0.762. The van der Waals surface area contributed by atoms with E-state index in [0.29, 0.717) is 0 Å². The molecule has 1 heterocycles. The average molecular weight is 236 g/mol. The van der Waals surface area contributed by atoms with Crippen LogP contribution < -0.4 is 5.32 Å². The molecule has 1 fully saturated rings. The van der Waals surface area contributed by atoms with Crippen LogP contribution in [0.3, 0.4) is 0 Å². The van der Waals surface area contributed by atoms with E-state index in [1.165, 1.54) is 45.2 Å². The monoisotopic (exact) mass is 236 g/mol. The van der Waals surface area contributed by atoms with Gasteiger partial charge in [-0.15, -0.1) is 0 Å². The Bertz CT molecular complexity index is 249. The molecule has 0 aromatic heterocycles. The predicted molar refractivity (Wildman–Crippen MR) is 74.2 cm³/mol. The van der Waals surface area contributed by atoms with E-state index in [1.807, 2.05) is 0 Å². The molecule has 2 heteroatoms. The molecule has 3 atom stereocenters. The van der Waals surface area contributed by atoms with Gasteiger partial charge in [0, 0.05) is 18.6 Å². The number of hydrogen-bond acceptors (Lipinski definition) is 2. The highest BCUT2D eigenvalue weighted by Gasteiger charge is 2.26. The van der Waals surface area contributed by atoms with Crippen molar-refractivity contribution in [2.24, 2.45) is 5.92 Å². The third-order valence-corrected chi connectivity index (χ3v) is 4.38. The zero-order valence-electron chi connectivity index (χ0n) is 11.5. The third-order valence-electron chi connectivity index (χ3n) is 4.38. The van der Waals surface area contributed by atoms with E-state index in [1.54, 1.807) is 0 Å². The van der Waals surface area contributed by atoms with E-state index >= 15 is 0 Å². The van der Waals surface area contributed by atoms with Crippen LogP contribution in [-0.2, 0) is 0 Å². The topological polar surface area (TPSA) is 15.3 Å². The fraction of sp³-hybridized carbons (Fsp3) is 0.867. The molecule has 17 heavy (non-hydrogen) atoms. The average Bonchev–Trinajstić information content (AvgIpc) is 2.34. The van der Waals surface area contributed by atoms with Gasteiger partial charge in [-0.1, -0.05) is 19.1 Å². The normalized spacial score (nSPS) is 35.1. The first-order valence-electron chi connectivity index (χ1n) is 7.42. The van der Waals surface area contributed by atoms with Crippen LogP contribution in [0.25, 0.3) is 0 Å². The van der Waals surface area contributed by atoms with Crippen LogP contribution in [-0.4, -0.2) is 36.6 Å². The highest BCUT2D eigenvalue weighted by Crippen LogP contribution is 2.24. The number of piperidine rings is 1. The zero-order valence-corrected chi connectivity index (χ0v) is 11.5. The fourth-order valence-corrected chi connectivity index (χ4v) is 3.32. The Morgan fingerprint density at radius 3 is 2.82 bits per heavy atom. The van der Waals surface area contributed by atoms with E-state index in [0.717, 1.165) is 24.5 Å². The molecular weight excluding hydrogens is 208 g/mol. The lowest BCUT2D eigenvalue weighted by Gasteiger charge is -2.40. The summed E-state index contributed by atoms with van der Waals surface area (Å²) < 4.78 is 0. The van der Waals surface area contributed by atoms with Crippen molar-refractivity contribution >= 4 is 0 Å². The molecule has 1 N–H and O–H groups in total. The maximum absolute atomic E-state index is 3.60. The van der Waals surface area contributed by atoms with Crippen LogP contribution in [0.1, 0.15) is 46.0 Å². The Morgan fingerprint density at radius 2 is 2.18 bits per heavy atom. The SMILES string of the molecule is CCNC1CCN(CC2CC=CCC2)C(C)C1. The van der Waals surface area contributed by atoms with Gasteiger partial charge in [0.05, 0.1) is 0 Å². The van der Waals surface area contributed by atoms with Gasteiger partial charge in [-0.3, -0.25) is 0 Å². The Balaban J connectivity index is 1.76. The molecule has 0 bridgehead atoms. The van der Waals surface area contributed by atoms with Crippen molar-refractivity contribution in [1.82, 2.24) is 10.2 Å². The lowest BCUT2D eigenvalue weighted by molar-refractivity contribution is 0.114. The highest BCUT2D eigenvalue weighted by atomic mass is 15.2. The molecule has 0 radical (unpaired) electrons. The van der Waals surface area contributed by atoms with Crippen LogP contribution in [0, 0.1) is 5.92 Å². The summed E-state index contributed by atoms with van der Waals surface area (Å²) in [6.07, 6.45) is 11.4. The largest absolute Gasteiger partial charge is 0.314 e. The fourth-order valence-electron chi connectivity index (χ4n) is 3.32. The van der Waals surface area contributed by atoms with E-state index in [2.05, 4.69) is 36.2 Å². The summed E-state index contributed by atoms with van der Waals surface area (Å²) in [4.78, 5) is 2.72. The summed E-state index contributed by atoms with van der Waals surface area (Å²) in [7, 11) is 0. The molecule has 0 aromatic rings. The molecule has 1 aliphatic carbocycles.